The van der Waals surface area contributed by atoms with E-state index in [1.54, 1.807) is 11.8 Å². The molecule has 1 aromatic heterocycles. The van der Waals surface area contributed by atoms with Crippen LogP contribution >= 0.6 is 11.6 Å². The van der Waals surface area contributed by atoms with Crippen molar-refractivity contribution >= 4 is 27.4 Å². The number of benzene rings is 1. The number of hydrogen-bond donors (Lipinski definition) is 2. The van der Waals surface area contributed by atoms with Gasteiger partial charge in [-0.2, -0.15) is 8.78 Å². The molecular weight excluding hydrogens is 475 g/mol. The zero-order chi connectivity index (χ0) is 23.2. The van der Waals surface area contributed by atoms with Gasteiger partial charge in [-0.1, -0.05) is 11.6 Å². The first-order valence-electron chi connectivity index (χ1n) is 9.53. The Kier molecular flexibility index (Phi) is 6.25. The van der Waals surface area contributed by atoms with E-state index in [1.807, 2.05) is 0 Å². The van der Waals surface area contributed by atoms with E-state index in [0.717, 1.165) is 6.07 Å². The molecule has 32 heavy (non-hydrogen) atoms. The van der Waals surface area contributed by atoms with Gasteiger partial charge < -0.3 is 19.5 Å². The highest BCUT2D eigenvalue weighted by molar-refractivity contribution is 7.89. The average Bonchev–Trinajstić information content (AvgIpc) is 2.67. The van der Waals surface area contributed by atoms with E-state index >= 15 is 0 Å². The van der Waals surface area contributed by atoms with Crippen LogP contribution in [0.2, 0.25) is 5.02 Å². The summed E-state index contributed by atoms with van der Waals surface area (Å²) in [5.41, 5.74) is 0.557. The van der Waals surface area contributed by atoms with E-state index in [1.165, 1.54) is 18.2 Å². The van der Waals surface area contributed by atoms with Crippen LogP contribution in [0.3, 0.4) is 0 Å². The molecule has 2 N–H and O–H groups in total. The molecular formula is C19H19ClF3N3O5S. The van der Waals surface area contributed by atoms with Crippen LogP contribution in [0.4, 0.5) is 19.0 Å². The lowest BCUT2D eigenvalue weighted by Gasteiger charge is -2.39. The van der Waals surface area contributed by atoms with Crippen LogP contribution in [-0.2, 0) is 14.8 Å². The van der Waals surface area contributed by atoms with Crippen LogP contribution in [0, 0.1) is 12.7 Å². The maximum atomic E-state index is 13.6. The number of nitrogens with zero attached hydrogens (tertiary/aromatic N) is 2. The van der Waals surface area contributed by atoms with Crippen LogP contribution in [0.25, 0.3) is 0 Å². The van der Waals surface area contributed by atoms with Gasteiger partial charge in [0.05, 0.1) is 22.1 Å². The summed E-state index contributed by atoms with van der Waals surface area (Å²) in [6.07, 6.45) is -1.99. The molecule has 0 radical (unpaired) electrons. The lowest BCUT2D eigenvalue weighted by Crippen LogP contribution is -2.53. The van der Waals surface area contributed by atoms with Gasteiger partial charge in [0.1, 0.15) is 30.1 Å². The number of nitrogens with one attached hydrogen (secondary N) is 1. The van der Waals surface area contributed by atoms with Crippen molar-refractivity contribution in [3.63, 3.8) is 0 Å². The van der Waals surface area contributed by atoms with Gasteiger partial charge in [-0.15, -0.1) is 0 Å². The second-order valence-electron chi connectivity index (χ2n) is 7.51. The Hall–Kier alpha value is -2.12. The van der Waals surface area contributed by atoms with Gasteiger partial charge >= 0.3 is 6.61 Å². The van der Waals surface area contributed by atoms with Gasteiger partial charge in [0.15, 0.2) is 0 Å². The van der Waals surface area contributed by atoms with Gasteiger partial charge in [-0.25, -0.2) is 22.5 Å². The third-order valence-corrected chi connectivity index (χ3v) is 6.93. The molecule has 0 bridgehead atoms. The molecule has 8 nitrogen and oxygen atoms in total. The Morgan fingerprint density at radius 1 is 1.31 bits per heavy atom. The molecule has 2 atom stereocenters. The number of aromatic nitrogens is 1. The summed E-state index contributed by atoms with van der Waals surface area (Å²) in [6, 6.07) is 3.81. The Balaban J connectivity index is 1.51. The number of halogens is 4. The van der Waals surface area contributed by atoms with Crippen LogP contribution in [0.5, 0.6) is 5.75 Å². The van der Waals surface area contributed by atoms with E-state index in [4.69, 9.17) is 16.3 Å². The van der Waals surface area contributed by atoms with Crippen LogP contribution in [-0.4, -0.2) is 57.0 Å². The van der Waals surface area contributed by atoms with E-state index in [9.17, 15) is 26.7 Å². The number of fused-ring (bicyclic) bond motifs is 1. The first kappa shape index (κ1) is 23.1. The first-order chi connectivity index (χ1) is 15.0. The fraction of sp³-hybridized carbons (Fsp3) is 0.421. The molecule has 1 fully saturated rings. The maximum Gasteiger partial charge on any atom is 0.345 e. The van der Waals surface area contributed by atoms with Crippen molar-refractivity contribution in [3.05, 3.63) is 46.4 Å². The number of ether oxygens (including phenoxy) is 2. The number of pyridine rings is 1. The Morgan fingerprint density at radius 3 is 2.72 bits per heavy atom. The van der Waals surface area contributed by atoms with Gasteiger partial charge in [0.25, 0.3) is 0 Å². The molecule has 3 heterocycles. The molecule has 2 aliphatic rings. The highest BCUT2D eigenvalue weighted by atomic mass is 35.5. The quantitative estimate of drug-likeness (QED) is 0.637. The summed E-state index contributed by atoms with van der Waals surface area (Å²) >= 11 is 5.77. The Labute approximate surface area is 187 Å². The number of aliphatic hydroxyl groups is 1. The number of hydrogen-bond acceptors (Lipinski definition) is 7. The van der Waals surface area contributed by atoms with Crippen molar-refractivity contribution in [2.45, 2.75) is 36.7 Å². The lowest BCUT2D eigenvalue weighted by atomic mass is 10.00. The Bertz CT molecular complexity index is 1130. The second kappa shape index (κ2) is 8.67. The molecule has 174 valence electrons. The summed E-state index contributed by atoms with van der Waals surface area (Å²) in [5.74, 6) is -0.341. The number of anilines is 1. The fourth-order valence-electron chi connectivity index (χ4n) is 3.55. The highest BCUT2D eigenvalue weighted by Gasteiger charge is 2.35. The van der Waals surface area contributed by atoms with Gasteiger partial charge in [-0.05, 0) is 19.1 Å². The zero-order valence-corrected chi connectivity index (χ0v) is 18.2. The topological polar surface area (TPSA) is 101 Å². The molecule has 1 aromatic carbocycles. The van der Waals surface area contributed by atoms with Crippen molar-refractivity contribution in [2.24, 2.45) is 0 Å². The normalized spacial score (nSPS) is 21.3. The van der Waals surface area contributed by atoms with Gasteiger partial charge in [0.2, 0.25) is 10.0 Å². The molecule has 0 saturated carbocycles. The van der Waals surface area contributed by atoms with E-state index in [2.05, 4.69) is 14.4 Å². The van der Waals surface area contributed by atoms with Gasteiger partial charge in [0, 0.05) is 36.5 Å². The van der Waals surface area contributed by atoms with Crippen molar-refractivity contribution < 1.29 is 36.2 Å². The lowest BCUT2D eigenvalue weighted by molar-refractivity contribution is -0.167. The largest absolute Gasteiger partial charge is 0.491 e. The van der Waals surface area contributed by atoms with Crippen molar-refractivity contribution in [1.82, 2.24) is 9.71 Å². The molecule has 2 aromatic rings. The summed E-state index contributed by atoms with van der Waals surface area (Å²) in [4.78, 5) is 5.76. The number of sulfonamides is 1. The number of aliphatic hydroxyl groups excluding tert-OH is 1. The third kappa shape index (κ3) is 4.64. The predicted molar refractivity (Wildman–Crippen MR) is 108 cm³/mol. The third-order valence-electron chi connectivity index (χ3n) is 5.17. The number of alkyl halides is 2. The molecule has 0 unspecified atom stereocenters. The first-order valence-corrected chi connectivity index (χ1v) is 11.4. The van der Waals surface area contributed by atoms with E-state index in [0.29, 0.717) is 11.5 Å². The second-order valence-corrected chi connectivity index (χ2v) is 9.64. The summed E-state index contributed by atoms with van der Waals surface area (Å²) < 4.78 is 76.4. The molecule has 4 rings (SSSR count). The van der Waals surface area contributed by atoms with Crippen molar-refractivity contribution in [2.75, 3.05) is 24.6 Å². The minimum absolute atomic E-state index is 0.0789. The Morgan fingerprint density at radius 2 is 2.03 bits per heavy atom. The minimum Gasteiger partial charge on any atom is -0.491 e. The maximum absolute atomic E-state index is 13.6. The molecule has 0 spiro atoms. The number of aryl methyl sites for hydroxylation is 1. The van der Waals surface area contributed by atoms with Crippen molar-refractivity contribution in [3.8, 4) is 5.75 Å². The molecule has 0 aliphatic carbocycles. The smallest absolute Gasteiger partial charge is 0.345 e. The summed E-state index contributed by atoms with van der Waals surface area (Å²) in [6.45, 7) is -1.22. The summed E-state index contributed by atoms with van der Waals surface area (Å²) in [5, 5.41) is 10.4. The van der Waals surface area contributed by atoms with Crippen LogP contribution in [0.1, 0.15) is 17.4 Å². The molecule has 0 amide bonds. The van der Waals surface area contributed by atoms with Crippen molar-refractivity contribution in [1.29, 1.82) is 0 Å². The average molecular weight is 494 g/mol. The standard InChI is InChI=1S/C19H19ClF3N3O5S/c1-9-2-11(3-17(24-9)26-6-10(7-26)31-19(22)23)32(28,29)25-15-8-30-16-5-14(21)13(20)4-12(16)18(15)27/h2-5,10,15,18-19,25,27H,6-8H2,1H3/t15-,18+/m1/s1. The van der Waals surface area contributed by atoms with E-state index in [-0.39, 0.29) is 40.9 Å². The highest BCUT2D eigenvalue weighted by Crippen LogP contribution is 2.36. The van der Waals surface area contributed by atoms with Crippen LogP contribution in [0.15, 0.2) is 29.2 Å². The SMILES string of the molecule is Cc1cc(S(=O)(=O)N[C@@H]2COc3cc(F)c(Cl)cc3[C@@H]2O)cc(N2CC(OC(F)F)C2)n1. The van der Waals surface area contributed by atoms with Crippen LogP contribution < -0.4 is 14.4 Å². The van der Waals surface area contributed by atoms with E-state index < -0.39 is 40.7 Å². The molecule has 13 heteroatoms. The minimum atomic E-state index is -4.12. The fourth-order valence-corrected chi connectivity index (χ4v) is 5.04. The molecule has 2 aliphatic heterocycles. The monoisotopic (exact) mass is 493 g/mol. The summed E-state index contributed by atoms with van der Waals surface area (Å²) in [7, 11) is -4.12. The molecule has 1 saturated heterocycles. The number of rotatable bonds is 6. The van der Waals surface area contributed by atoms with Gasteiger partial charge in [-0.3, -0.25) is 0 Å². The predicted octanol–water partition coefficient (Wildman–Crippen LogP) is 2.38. The zero-order valence-electron chi connectivity index (χ0n) is 16.6.